The van der Waals surface area contributed by atoms with Gasteiger partial charge < -0.3 is 45.1 Å². The summed E-state index contributed by atoms with van der Waals surface area (Å²) in [4.78, 5) is 61.9. The molecule has 73 heavy (non-hydrogen) atoms. The summed E-state index contributed by atoms with van der Waals surface area (Å²) in [7, 11) is -10.9. The second-order valence-corrected chi connectivity index (χ2v) is 21.4. The lowest BCUT2D eigenvalue weighted by atomic mass is 10.0. The van der Waals surface area contributed by atoms with Crippen LogP contribution in [0.15, 0.2) is 90.0 Å². The molecule has 19 nitrogen and oxygen atoms in total. The number of phosphoric ester groups is 2. The first kappa shape index (κ1) is 65.3. The summed E-state index contributed by atoms with van der Waals surface area (Å²) in [6, 6.07) is 1.24. The Bertz CT molecular complexity index is 2040. The number of aliphatic hydroxyl groups excluding tert-OH is 3. The molecule has 0 bridgehead atoms. The third-order valence-corrected chi connectivity index (χ3v) is 13.9. The van der Waals surface area contributed by atoms with E-state index in [1.807, 2.05) is 67.7 Å². The first-order valence-corrected chi connectivity index (χ1v) is 28.9. The lowest BCUT2D eigenvalue weighted by molar-refractivity contribution is -0.161. The topological polar surface area (TPSA) is 286 Å². The zero-order chi connectivity index (χ0) is 53.7. The van der Waals surface area contributed by atoms with Crippen molar-refractivity contribution in [3.8, 4) is 0 Å². The van der Waals surface area contributed by atoms with E-state index in [0.717, 1.165) is 61.6 Å². The monoisotopic (exact) mass is 1070 g/mol. The van der Waals surface area contributed by atoms with Gasteiger partial charge >= 0.3 is 33.3 Å². The Morgan fingerprint density at radius 1 is 0.767 bits per heavy atom. The van der Waals surface area contributed by atoms with Gasteiger partial charge in [-0.1, -0.05) is 171 Å². The summed E-state index contributed by atoms with van der Waals surface area (Å²) in [6.45, 7) is 4.17. The average Bonchev–Trinajstić information content (AvgIpc) is 3.61. The van der Waals surface area contributed by atoms with Crippen molar-refractivity contribution in [3.05, 3.63) is 95.7 Å². The van der Waals surface area contributed by atoms with Crippen LogP contribution in [-0.2, 0) is 46.3 Å². The minimum absolute atomic E-state index is 0.0160. The smallest absolute Gasteiger partial charge is 0.462 e. The van der Waals surface area contributed by atoms with E-state index in [4.69, 9.17) is 29.0 Å². The van der Waals surface area contributed by atoms with Crippen molar-refractivity contribution in [1.29, 1.82) is 0 Å². The molecule has 0 amide bonds. The standard InChI is InChI=1S/C52H85N3O16P2/c1-4-5-27-33-43(56)34-29-24-20-16-12-7-6-8-13-17-21-25-30-35-47(57)66-39-44(69-48(58)36-31-26-22-18-14-10-9-11-15-19-23-28-32-42(2)3)40-67-72(62,63)71-73(64,65)68-41-45-49(59)50(60)51(70-45)55-38-37-46(53)54-52(55)61/h5,7-8,12-13,20-21,24-25,27,29,34,37-38,42-45,49-51,56,59-60H,4,6,9-11,14-19,22-23,26,28,30-33,35-36,39-41H2,1-3H3,(H,62,63)(H,64,65)(H2,53,54,61)/b12-7-,13-8-,24-20+,25-21-,27-5-,34-29+/t43?,44-,45-,49-,50-,51-/m1/s1. The minimum Gasteiger partial charge on any atom is -0.462 e. The molecule has 21 heteroatoms. The number of aliphatic hydroxyl groups is 3. The Kier molecular flexibility index (Phi) is 34.6. The average molecular weight is 1070 g/mol. The first-order chi connectivity index (χ1) is 34.9. The highest BCUT2D eigenvalue weighted by molar-refractivity contribution is 7.61. The number of hydrogen-bond donors (Lipinski definition) is 6. The molecule has 8 atom stereocenters. The maximum absolute atomic E-state index is 12.9. The van der Waals surface area contributed by atoms with Gasteiger partial charge in [0, 0.05) is 19.0 Å². The predicted octanol–water partition coefficient (Wildman–Crippen LogP) is 9.72. The molecule has 0 aliphatic carbocycles. The summed E-state index contributed by atoms with van der Waals surface area (Å²) in [5, 5.41) is 30.8. The van der Waals surface area contributed by atoms with Gasteiger partial charge in [-0.2, -0.15) is 9.29 Å². The lowest BCUT2D eigenvalue weighted by Crippen LogP contribution is -2.36. The quantitative estimate of drug-likeness (QED) is 0.0117. The van der Waals surface area contributed by atoms with Gasteiger partial charge in [-0.05, 0) is 56.9 Å². The van der Waals surface area contributed by atoms with Crippen LogP contribution < -0.4 is 11.4 Å². The summed E-state index contributed by atoms with van der Waals surface area (Å²) in [6.07, 6.45) is 34.8. The summed E-state index contributed by atoms with van der Waals surface area (Å²) >= 11 is 0. The zero-order valence-corrected chi connectivity index (χ0v) is 45.0. The number of ether oxygens (including phenoxy) is 3. The number of nitrogens with two attached hydrogens (primary N) is 1. The number of phosphoric acid groups is 2. The number of rotatable bonds is 41. The van der Waals surface area contributed by atoms with Crippen LogP contribution in [0.3, 0.4) is 0 Å². The van der Waals surface area contributed by atoms with E-state index in [1.54, 1.807) is 6.08 Å². The van der Waals surface area contributed by atoms with Crippen molar-refractivity contribution in [3.63, 3.8) is 0 Å². The van der Waals surface area contributed by atoms with Gasteiger partial charge in [0.1, 0.15) is 30.7 Å². The normalized spacial score (nSPS) is 20.1. The van der Waals surface area contributed by atoms with Gasteiger partial charge in [-0.3, -0.25) is 23.2 Å². The Labute approximate surface area is 432 Å². The summed E-state index contributed by atoms with van der Waals surface area (Å²) < 4.78 is 56.7. The van der Waals surface area contributed by atoms with E-state index >= 15 is 0 Å². The molecular weight excluding hydrogens is 985 g/mol. The number of anilines is 1. The number of nitrogen functional groups attached to an aromatic ring is 1. The molecule has 7 N–H and O–H groups in total. The van der Waals surface area contributed by atoms with Crippen LogP contribution in [0.5, 0.6) is 0 Å². The number of esters is 2. The number of nitrogens with zero attached hydrogens (tertiary/aromatic N) is 2. The molecule has 1 aromatic heterocycles. The number of allylic oxidation sites excluding steroid dienone is 10. The van der Waals surface area contributed by atoms with Gasteiger partial charge in [-0.25, -0.2) is 13.9 Å². The lowest BCUT2D eigenvalue weighted by Gasteiger charge is -2.21. The fraction of sp³-hybridized carbons (Fsp3) is 0.654. The molecule has 1 aromatic rings. The number of hydrogen-bond acceptors (Lipinski definition) is 16. The fourth-order valence-corrected chi connectivity index (χ4v) is 9.42. The maximum atomic E-state index is 12.9. The minimum atomic E-state index is -5.45. The molecule has 0 spiro atoms. The molecule has 2 heterocycles. The van der Waals surface area contributed by atoms with Crippen LogP contribution in [0.25, 0.3) is 0 Å². The van der Waals surface area contributed by atoms with Crippen molar-refractivity contribution in [2.45, 2.75) is 192 Å². The van der Waals surface area contributed by atoms with Crippen molar-refractivity contribution in [2.75, 3.05) is 25.6 Å². The molecule has 1 fully saturated rings. The van der Waals surface area contributed by atoms with Gasteiger partial charge in [0.2, 0.25) is 0 Å². The first-order valence-electron chi connectivity index (χ1n) is 25.9. The number of unbranched alkanes of at least 4 members (excludes halogenated alkanes) is 11. The number of carbonyl (C=O) groups is 2. The third-order valence-electron chi connectivity index (χ3n) is 11.3. The highest BCUT2D eigenvalue weighted by atomic mass is 31.3. The molecule has 0 radical (unpaired) electrons. The van der Waals surface area contributed by atoms with Crippen LogP contribution in [0.2, 0.25) is 0 Å². The van der Waals surface area contributed by atoms with E-state index in [0.29, 0.717) is 25.7 Å². The number of aromatic nitrogens is 2. The van der Waals surface area contributed by atoms with E-state index in [2.05, 4.69) is 29.2 Å². The van der Waals surface area contributed by atoms with Crippen molar-refractivity contribution < 1.29 is 71.4 Å². The van der Waals surface area contributed by atoms with Crippen LogP contribution in [-0.4, -0.2) is 96.9 Å². The van der Waals surface area contributed by atoms with Gasteiger partial charge in [0.05, 0.1) is 19.3 Å². The molecule has 1 saturated heterocycles. The summed E-state index contributed by atoms with van der Waals surface area (Å²) in [5.74, 6) is -0.659. The zero-order valence-electron chi connectivity index (χ0n) is 43.2. The highest BCUT2D eigenvalue weighted by Gasteiger charge is 2.46. The Morgan fingerprint density at radius 2 is 1.36 bits per heavy atom. The molecule has 3 unspecified atom stereocenters. The molecule has 414 valence electrons. The Balaban J connectivity index is 1.83. The second kappa shape index (κ2) is 38.7. The number of carbonyl (C=O) groups excluding carboxylic acids is 2. The molecule has 1 aliphatic heterocycles. The second-order valence-electron chi connectivity index (χ2n) is 18.3. The van der Waals surface area contributed by atoms with Gasteiger partial charge in [0.15, 0.2) is 12.3 Å². The highest BCUT2D eigenvalue weighted by Crippen LogP contribution is 2.60. The maximum Gasteiger partial charge on any atom is 0.481 e. The van der Waals surface area contributed by atoms with Crippen LogP contribution in [0, 0.1) is 5.92 Å². The van der Waals surface area contributed by atoms with Crippen molar-refractivity contribution in [2.24, 2.45) is 5.92 Å². The largest absolute Gasteiger partial charge is 0.481 e. The molecule has 2 rings (SSSR count). The Hall–Kier alpha value is -3.84. The van der Waals surface area contributed by atoms with Crippen LogP contribution in [0.4, 0.5) is 5.82 Å². The molecular formula is C52H85N3O16P2. The summed E-state index contributed by atoms with van der Waals surface area (Å²) in [5.41, 5.74) is 4.58. The van der Waals surface area contributed by atoms with Crippen LogP contribution in [0.1, 0.15) is 162 Å². The van der Waals surface area contributed by atoms with Crippen molar-refractivity contribution in [1.82, 2.24) is 9.55 Å². The predicted molar refractivity (Wildman–Crippen MR) is 281 cm³/mol. The fourth-order valence-electron chi connectivity index (χ4n) is 7.31. The van der Waals surface area contributed by atoms with E-state index in [9.17, 15) is 48.6 Å². The van der Waals surface area contributed by atoms with E-state index in [1.165, 1.54) is 57.4 Å². The third kappa shape index (κ3) is 32.3. The SMILES string of the molecule is CC/C=C\CC(O)/C=C/C=C/C/C=C\C/C=C\C/C=C\CCC(=O)OC[C@H](COP(=O)(O)OP(=O)(O)OC[C@H]1O[C@@H](n2ccc(N)nc2=O)[C@H](O)[C@@H]1O)OC(=O)CCCCCCCCCCCCCCC(C)C. The van der Waals surface area contributed by atoms with E-state index < -0.39 is 89.8 Å². The van der Waals surface area contributed by atoms with Crippen molar-refractivity contribution >= 4 is 33.4 Å². The van der Waals surface area contributed by atoms with E-state index in [-0.39, 0.29) is 18.7 Å². The molecule has 0 aromatic carbocycles. The Morgan fingerprint density at radius 3 is 1.97 bits per heavy atom. The molecule has 1 aliphatic rings. The van der Waals surface area contributed by atoms with Crippen LogP contribution >= 0.6 is 15.6 Å². The van der Waals surface area contributed by atoms with Gasteiger partial charge in [-0.15, -0.1) is 0 Å². The molecule has 0 saturated carbocycles. The van der Waals surface area contributed by atoms with Gasteiger partial charge in [0.25, 0.3) is 0 Å².